The van der Waals surface area contributed by atoms with Gasteiger partial charge in [-0.15, -0.1) is 0 Å². The number of carboxylic acid groups (broad SMARTS) is 4. The molecule has 0 saturated heterocycles. The lowest BCUT2D eigenvalue weighted by atomic mass is 9.91. The number of rotatable bonds is 18. The highest BCUT2D eigenvalue weighted by molar-refractivity contribution is 5.74. The van der Waals surface area contributed by atoms with E-state index in [9.17, 15) is 29.4 Å². The number of nitrogens with one attached hydrogen (secondary N) is 2. The smallest absolute Gasteiger partial charge is 0.303 e. The van der Waals surface area contributed by atoms with Crippen molar-refractivity contribution in [1.29, 1.82) is 0 Å². The van der Waals surface area contributed by atoms with E-state index in [-0.39, 0.29) is 12.8 Å². The van der Waals surface area contributed by atoms with E-state index in [4.69, 9.17) is 19.7 Å². The number of pyridine rings is 2. The van der Waals surface area contributed by atoms with E-state index in [0.29, 0.717) is 13.2 Å². The third-order valence-corrected chi connectivity index (χ3v) is 8.03. The molecule has 14 heteroatoms. The van der Waals surface area contributed by atoms with E-state index < -0.39 is 47.9 Å². The van der Waals surface area contributed by atoms with Crippen LogP contribution >= 0.6 is 0 Å². The molecule has 304 valence electrons. The summed E-state index contributed by atoms with van der Waals surface area (Å²) in [7, 11) is 8.52. The first-order valence-corrected chi connectivity index (χ1v) is 18.1. The first-order valence-electron chi connectivity index (χ1n) is 18.1. The van der Waals surface area contributed by atoms with Crippen molar-refractivity contribution in [3.63, 3.8) is 0 Å². The number of benzene rings is 2. The van der Waals surface area contributed by atoms with E-state index in [0.717, 1.165) is 35.6 Å². The molecule has 14 nitrogen and oxygen atoms in total. The van der Waals surface area contributed by atoms with Gasteiger partial charge in [-0.1, -0.05) is 72.8 Å². The fourth-order valence-corrected chi connectivity index (χ4v) is 4.75. The molecule has 0 aliphatic heterocycles. The zero-order valence-electron chi connectivity index (χ0n) is 33.1. The summed E-state index contributed by atoms with van der Waals surface area (Å²) < 4.78 is 12.5. The van der Waals surface area contributed by atoms with Gasteiger partial charge in [0.15, 0.2) is 0 Å². The van der Waals surface area contributed by atoms with Gasteiger partial charge >= 0.3 is 11.9 Å². The SMILES string of the molecule is C[NH+](C)CCO[C@](C)(c1ccccc1)c1ccccn1.C[NH+](C)CCO[C@](C)(c1ccccc1)c1ccccn1.O=C([O-])CCC(=O)O.O=C([O-])CCC(=O)O. The summed E-state index contributed by atoms with van der Waals surface area (Å²) >= 11 is 0. The number of likely N-dealkylation sites (N-methyl/N-ethyl adjacent to an activating group) is 2. The Morgan fingerprint density at radius 2 is 0.875 bits per heavy atom. The van der Waals surface area contributed by atoms with Crippen molar-refractivity contribution in [3.8, 4) is 0 Å². The predicted molar refractivity (Wildman–Crippen MR) is 205 cm³/mol. The van der Waals surface area contributed by atoms with Crippen molar-refractivity contribution < 1.29 is 58.9 Å². The molecule has 0 fully saturated rings. The minimum atomic E-state index is -1.33. The molecule has 0 aliphatic carbocycles. The van der Waals surface area contributed by atoms with E-state index in [1.165, 1.54) is 9.80 Å². The number of hydrogen-bond acceptors (Lipinski definition) is 10. The second-order valence-electron chi connectivity index (χ2n) is 13.4. The van der Waals surface area contributed by atoms with Crippen LogP contribution in [0.25, 0.3) is 0 Å². The molecule has 4 rings (SSSR count). The molecular formula is C42H56N4O10. The predicted octanol–water partition coefficient (Wildman–Crippen LogP) is 0.215. The second-order valence-corrected chi connectivity index (χ2v) is 13.4. The molecule has 2 heterocycles. The maximum atomic E-state index is 9.61. The van der Waals surface area contributed by atoms with E-state index in [2.05, 4.69) is 76.3 Å². The lowest BCUT2D eigenvalue weighted by Gasteiger charge is -2.30. The Bertz CT molecular complexity index is 1460. The standard InChI is InChI=1S/2C17H22N2O.2C4H6O4/c2*1-17(20-14-13-19(2)3,15-9-5-4-6-10-15)16-11-7-8-12-18-16;2*5-3(6)1-2-4(7)8/h2*4-12H,13-14H2,1-3H3;2*1-2H2,(H,5,6)(H,7,8)/t2*17-;;/m11../s1. The Labute approximate surface area is 329 Å². The number of carbonyl (C=O) groups is 4. The van der Waals surface area contributed by atoms with Crippen molar-refractivity contribution in [2.75, 3.05) is 54.5 Å². The minimum Gasteiger partial charge on any atom is -0.550 e. The van der Waals surface area contributed by atoms with Crippen LogP contribution in [0.15, 0.2) is 109 Å². The summed E-state index contributed by atoms with van der Waals surface area (Å²) in [4.78, 5) is 50.0. The minimum absolute atomic E-state index is 0.359. The number of ether oxygens (including phenoxy) is 2. The van der Waals surface area contributed by atoms with Gasteiger partial charge in [0.2, 0.25) is 0 Å². The lowest BCUT2D eigenvalue weighted by molar-refractivity contribution is -0.859. The van der Waals surface area contributed by atoms with Crippen LogP contribution in [0.4, 0.5) is 0 Å². The van der Waals surface area contributed by atoms with Crippen LogP contribution in [-0.2, 0) is 39.9 Å². The third kappa shape index (κ3) is 19.7. The van der Waals surface area contributed by atoms with Gasteiger partial charge in [0.1, 0.15) is 24.3 Å². The molecule has 0 radical (unpaired) electrons. The summed E-state index contributed by atoms with van der Waals surface area (Å²) in [6.45, 7) is 7.52. The fourth-order valence-electron chi connectivity index (χ4n) is 4.75. The monoisotopic (exact) mass is 776 g/mol. The molecule has 2 aromatic heterocycles. The summed E-state index contributed by atoms with van der Waals surface area (Å²) in [6.07, 6.45) is 2.10. The highest BCUT2D eigenvalue weighted by Crippen LogP contribution is 2.32. The molecule has 2 aromatic carbocycles. The maximum absolute atomic E-state index is 9.61. The average Bonchev–Trinajstić information content (AvgIpc) is 3.18. The zero-order valence-corrected chi connectivity index (χ0v) is 33.1. The molecule has 0 amide bonds. The molecule has 0 saturated carbocycles. The van der Waals surface area contributed by atoms with Gasteiger partial charge in [0, 0.05) is 24.3 Å². The Morgan fingerprint density at radius 1 is 0.554 bits per heavy atom. The number of carbonyl (C=O) groups excluding carboxylic acids is 2. The summed E-state index contributed by atoms with van der Waals surface area (Å²) in [5.41, 5.74) is 3.15. The Morgan fingerprint density at radius 3 is 1.11 bits per heavy atom. The molecule has 4 aromatic rings. The number of hydrogen-bond donors (Lipinski definition) is 4. The summed E-state index contributed by atoms with van der Waals surface area (Å²) in [6, 6.07) is 32.5. The summed E-state index contributed by atoms with van der Waals surface area (Å²) in [5.74, 6) is -4.89. The number of carboxylic acids is 4. The van der Waals surface area contributed by atoms with Crippen LogP contribution < -0.4 is 20.0 Å². The fraction of sp³-hybridized carbons (Fsp3) is 0.381. The van der Waals surface area contributed by atoms with Gasteiger partial charge in [-0.2, -0.15) is 0 Å². The highest BCUT2D eigenvalue weighted by atomic mass is 16.5. The van der Waals surface area contributed by atoms with Gasteiger partial charge in [-0.05, 0) is 62.1 Å². The Hall–Kier alpha value is -5.54. The van der Waals surface area contributed by atoms with Crippen LogP contribution in [0.3, 0.4) is 0 Å². The molecular weight excluding hydrogens is 720 g/mol. The van der Waals surface area contributed by atoms with Crippen LogP contribution in [0, 0.1) is 0 Å². The molecule has 0 bridgehead atoms. The molecule has 4 N–H and O–H groups in total. The van der Waals surface area contributed by atoms with E-state index >= 15 is 0 Å². The van der Waals surface area contributed by atoms with Crippen LogP contribution in [0.1, 0.15) is 62.0 Å². The Balaban J connectivity index is 0.000000408. The largest absolute Gasteiger partial charge is 0.550 e. The third-order valence-electron chi connectivity index (χ3n) is 8.03. The normalized spacial score (nSPS) is 12.6. The van der Waals surface area contributed by atoms with Gasteiger partial charge in [0.25, 0.3) is 0 Å². The van der Waals surface area contributed by atoms with Crippen molar-refractivity contribution in [2.45, 2.75) is 50.7 Å². The van der Waals surface area contributed by atoms with Crippen molar-refractivity contribution in [3.05, 3.63) is 132 Å². The number of aromatic nitrogens is 2. The summed E-state index contributed by atoms with van der Waals surface area (Å²) in [5, 5.41) is 34.8. The van der Waals surface area contributed by atoms with Crippen LogP contribution in [0.2, 0.25) is 0 Å². The van der Waals surface area contributed by atoms with Gasteiger partial charge in [0.05, 0.1) is 65.6 Å². The lowest BCUT2D eigenvalue weighted by Crippen LogP contribution is -3.06. The van der Waals surface area contributed by atoms with Gasteiger partial charge in [-0.25, -0.2) is 0 Å². The van der Waals surface area contributed by atoms with E-state index in [1.54, 1.807) is 0 Å². The number of nitrogens with zero attached hydrogens (tertiary/aromatic N) is 2. The van der Waals surface area contributed by atoms with E-state index in [1.807, 2.05) is 85.2 Å². The number of aliphatic carboxylic acids is 4. The Kier molecular flexibility index (Phi) is 22.8. The molecule has 2 atom stereocenters. The van der Waals surface area contributed by atoms with Crippen LogP contribution in [0.5, 0.6) is 0 Å². The van der Waals surface area contributed by atoms with Crippen molar-refractivity contribution >= 4 is 23.9 Å². The molecule has 56 heavy (non-hydrogen) atoms. The molecule has 0 unspecified atom stereocenters. The first-order chi connectivity index (χ1) is 26.5. The number of quaternary nitrogens is 2. The van der Waals surface area contributed by atoms with Gasteiger partial charge < -0.3 is 49.3 Å². The quantitative estimate of drug-likeness (QED) is 0.107. The average molecular weight is 777 g/mol. The maximum Gasteiger partial charge on any atom is 0.303 e. The van der Waals surface area contributed by atoms with Gasteiger partial charge in [-0.3, -0.25) is 19.6 Å². The van der Waals surface area contributed by atoms with Crippen molar-refractivity contribution in [1.82, 2.24) is 9.97 Å². The molecule has 0 aliphatic rings. The zero-order chi connectivity index (χ0) is 42.0. The first kappa shape index (κ1) is 48.5. The molecule has 0 spiro atoms. The van der Waals surface area contributed by atoms with Crippen molar-refractivity contribution in [2.24, 2.45) is 0 Å². The highest BCUT2D eigenvalue weighted by Gasteiger charge is 2.32. The van der Waals surface area contributed by atoms with Crippen LogP contribution in [-0.4, -0.2) is 98.6 Å². The topological polar surface area (TPSA) is 208 Å². The second kappa shape index (κ2) is 26.3.